The molecule has 0 aliphatic rings. The van der Waals surface area contributed by atoms with Gasteiger partial charge in [-0.25, -0.2) is 0 Å². The first-order valence-corrected chi connectivity index (χ1v) is 15.9. The second-order valence-electron chi connectivity index (χ2n) is 9.92. The van der Waals surface area contributed by atoms with Crippen molar-refractivity contribution in [3.05, 3.63) is 0 Å². The fraction of sp³-hybridized carbons (Fsp3) is 1.00. The first-order chi connectivity index (χ1) is 14.9. The molecule has 0 spiro atoms. The van der Waals surface area contributed by atoms with Gasteiger partial charge < -0.3 is 0 Å². The van der Waals surface area contributed by atoms with E-state index in [1.54, 1.807) is 0 Å². The molecule has 0 saturated heterocycles. The van der Waals surface area contributed by atoms with Crippen molar-refractivity contribution in [2.45, 2.75) is 185 Å². The van der Waals surface area contributed by atoms with Crippen LogP contribution in [0.4, 0.5) is 0 Å². The third-order valence-electron chi connectivity index (χ3n) is 6.76. The van der Waals surface area contributed by atoms with Gasteiger partial charge in [0, 0.05) is 0 Å². The summed E-state index contributed by atoms with van der Waals surface area (Å²) in [5.74, 6) is 0. The average molecular weight is 483 g/mol. The van der Waals surface area contributed by atoms with Gasteiger partial charge in [-0.1, -0.05) is 110 Å². The van der Waals surface area contributed by atoms with Crippen molar-refractivity contribution < 1.29 is 0 Å². The Labute approximate surface area is 202 Å². The van der Waals surface area contributed by atoms with Crippen LogP contribution in [0.5, 0.6) is 0 Å². The molecule has 0 aliphatic carbocycles. The Kier molecular flexibility index (Phi) is 30.1. The zero-order valence-electron chi connectivity index (χ0n) is 21.2. The molecule has 0 aromatic carbocycles. The van der Waals surface area contributed by atoms with Gasteiger partial charge in [-0.2, -0.15) is 0 Å². The summed E-state index contributed by atoms with van der Waals surface area (Å²) in [6.45, 7) is 2.31. The Morgan fingerprint density at radius 2 is 0.433 bits per heavy atom. The molecule has 0 unspecified atom stereocenters. The van der Waals surface area contributed by atoms with Crippen LogP contribution in [0.2, 0.25) is 5.21 Å². The molecule has 1 heteroatoms. The van der Waals surface area contributed by atoms with Crippen molar-refractivity contribution in [3.63, 3.8) is 0 Å². The Morgan fingerprint density at radius 1 is 0.267 bits per heavy atom. The second kappa shape index (κ2) is 29.6. The Bertz CT molecular complexity index is 248. The van der Waals surface area contributed by atoms with E-state index in [0.717, 1.165) is 0 Å². The normalized spacial score (nSPS) is 11.4. The van der Waals surface area contributed by atoms with Crippen molar-refractivity contribution in [3.8, 4) is 0 Å². The van der Waals surface area contributed by atoms with Crippen LogP contribution in [0.3, 0.4) is 0 Å². The second-order valence-corrected chi connectivity index (χ2v) is 10.9. The molecule has 0 N–H and O–H groups in total. The molecule has 0 bridgehead atoms. The summed E-state index contributed by atoms with van der Waals surface area (Å²) in [6, 6.07) is 0. The van der Waals surface area contributed by atoms with Crippen LogP contribution in [0.1, 0.15) is 180 Å². The number of rotatable bonds is 27. The fourth-order valence-corrected chi connectivity index (χ4v) is 5.07. The van der Waals surface area contributed by atoms with Crippen molar-refractivity contribution in [1.29, 1.82) is 0 Å². The van der Waals surface area contributed by atoms with Crippen molar-refractivity contribution in [1.82, 2.24) is 0 Å². The third kappa shape index (κ3) is 28.6. The van der Waals surface area contributed by atoms with E-state index in [9.17, 15) is 0 Å². The van der Waals surface area contributed by atoms with Crippen LogP contribution in [-0.4, -0.2) is 16.9 Å². The number of hydrogen-bond donors (Lipinski definition) is 0. The third-order valence-corrected chi connectivity index (χ3v) is 7.43. The molecule has 0 aliphatic heterocycles. The van der Waals surface area contributed by atoms with Gasteiger partial charge in [0.15, 0.2) is 0 Å². The van der Waals surface area contributed by atoms with Gasteiger partial charge in [0.2, 0.25) is 0 Å². The van der Waals surface area contributed by atoms with Gasteiger partial charge in [0.05, 0.1) is 0 Å². The summed E-state index contributed by atoms with van der Waals surface area (Å²) < 4.78 is 0. The molecule has 30 heavy (non-hydrogen) atoms. The molecule has 0 aromatic rings. The average Bonchev–Trinajstić information content (AvgIpc) is 2.76. The van der Waals surface area contributed by atoms with E-state index in [-0.39, 0.29) is 0 Å². The molecule has 0 heterocycles. The topological polar surface area (TPSA) is 0 Å². The Morgan fingerprint density at radius 3 is 0.600 bits per heavy atom. The van der Waals surface area contributed by atoms with Crippen LogP contribution < -0.4 is 0 Å². The first-order valence-electron chi connectivity index (χ1n) is 14.5. The number of hydrogen-bond acceptors (Lipinski definition) is 0. The zero-order chi connectivity index (χ0) is 21.8. The van der Waals surface area contributed by atoms with E-state index in [2.05, 4.69) is 23.8 Å². The molecule has 2 radical (unpaired) electrons. The van der Waals surface area contributed by atoms with Gasteiger partial charge in [-0.3, -0.25) is 0 Å². The minimum absolute atomic E-state index is 1.31. The zero-order valence-corrected chi connectivity index (χ0v) is 23.1. The standard InChI is InChI=1S/C29H59As/c1-2-3-4-5-6-7-8-9-10-11-12-13-14-15-16-17-18-19-20-21-22-23-24-25-26-27-28-29-30/h2-29H2,1H3. The molecule has 0 saturated carbocycles. The first kappa shape index (κ1) is 30.6. The summed E-state index contributed by atoms with van der Waals surface area (Å²) in [6.07, 6.45) is 39.9. The summed E-state index contributed by atoms with van der Waals surface area (Å²) in [5.41, 5.74) is 0. The molecule has 0 fully saturated rings. The predicted molar refractivity (Wildman–Crippen MR) is 141 cm³/mol. The molecular weight excluding hydrogens is 423 g/mol. The van der Waals surface area contributed by atoms with Gasteiger partial charge >= 0.3 is 92.7 Å². The molecule has 0 aromatic heterocycles. The van der Waals surface area contributed by atoms with Crippen LogP contribution in [0.25, 0.3) is 0 Å². The molecule has 0 nitrogen and oxygen atoms in total. The molecule has 0 amide bonds. The van der Waals surface area contributed by atoms with Crippen LogP contribution >= 0.6 is 0 Å². The van der Waals surface area contributed by atoms with E-state index in [0.29, 0.717) is 0 Å². The van der Waals surface area contributed by atoms with Crippen molar-refractivity contribution in [2.24, 2.45) is 0 Å². The Hall–Kier alpha value is 0.558. The number of unbranched alkanes of at least 4 members (excludes halogenated alkanes) is 26. The van der Waals surface area contributed by atoms with Crippen molar-refractivity contribution >= 4 is 16.9 Å². The predicted octanol–water partition coefficient (Wildman–Crippen LogP) is 11.1. The SMILES string of the molecule is CCCCCCCCCCCCCCCCCCCCCCCCCCCCC[As]. The van der Waals surface area contributed by atoms with Crippen molar-refractivity contribution in [2.75, 3.05) is 0 Å². The molecule has 180 valence electrons. The summed E-state index contributed by atoms with van der Waals surface area (Å²) in [4.78, 5) is 0. The van der Waals surface area contributed by atoms with Crippen LogP contribution in [-0.2, 0) is 0 Å². The molecule has 0 rings (SSSR count). The maximum atomic E-state index is 2.71. The quantitative estimate of drug-likeness (QED) is 0.0806. The Balaban J connectivity index is 2.97. The monoisotopic (exact) mass is 482 g/mol. The van der Waals surface area contributed by atoms with Gasteiger partial charge in [-0.05, 0) is 0 Å². The maximum absolute atomic E-state index is 2.71. The summed E-state index contributed by atoms with van der Waals surface area (Å²) in [7, 11) is 0. The minimum atomic E-state index is 1.31. The molecule has 0 atom stereocenters. The summed E-state index contributed by atoms with van der Waals surface area (Å²) >= 11 is 2.71. The fourth-order valence-electron chi connectivity index (χ4n) is 4.60. The van der Waals surface area contributed by atoms with Gasteiger partial charge in [-0.15, -0.1) is 0 Å². The summed E-state index contributed by atoms with van der Waals surface area (Å²) in [5, 5.41) is 1.31. The van der Waals surface area contributed by atoms with E-state index < -0.39 is 0 Å². The molecular formula is C29H59As. The van der Waals surface area contributed by atoms with E-state index >= 15 is 0 Å². The van der Waals surface area contributed by atoms with Crippen LogP contribution in [0.15, 0.2) is 0 Å². The van der Waals surface area contributed by atoms with Gasteiger partial charge in [0.1, 0.15) is 0 Å². The van der Waals surface area contributed by atoms with E-state index in [1.165, 1.54) is 179 Å². The van der Waals surface area contributed by atoms with E-state index in [4.69, 9.17) is 0 Å². The van der Waals surface area contributed by atoms with Crippen LogP contribution in [0, 0.1) is 0 Å². The van der Waals surface area contributed by atoms with Gasteiger partial charge in [0.25, 0.3) is 0 Å². The van der Waals surface area contributed by atoms with E-state index in [1.807, 2.05) is 0 Å².